The second-order valence-corrected chi connectivity index (χ2v) is 9.71. The molecule has 3 unspecified atom stereocenters. The molecular formula is C17H33NO2S. The lowest BCUT2D eigenvalue weighted by molar-refractivity contribution is 0.158. The fraction of sp³-hybridized carbons (Fsp3) is 1.00. The summed E-state index contributed by atoms with van der Waals surface area (Å²) in [5.74, 6) is 2.22. The van der Waals surface area contributed by atoms with Crippen molar-refractivity contribution in [1.82, 2.24) is 5.32 Å². The van der Waals surface area contributed by atoms with Crippen LogP contribution in [0.5, 0.6) is 0 Å². The molecule has 1 N–H and O–H groups in total. The Kier molecular flexibility index (Phi) is 6.13. The number of hydrogen-bond acceptors (Lipinski definition) is 3. The Hall–Kier alpha value is -0.0900. The smallest absolute Gasteiger partial charge is 0.150 e. The molecule has 124 valence electrons. The predicted octanol–water partition coefficient (Wildman–Crippen LogP) is 3.39. The molecule has 0 amide bonds. The summed E-state index contributed by atoms with van der Waals surface area (Å²) in [5, 5.41) is 3.45. The van der Waals surface area contributed by atoms with E-state index in [1.165, 1.54) is 44.8 Å². The fourth-order valence-electron chi connectivity index (χ4n) is 4.71. The average molecular weight is 316 g/mol. The van der Waals surface area contributed by atoms with Gasteiger partial charge in [0.1, 0.15) is 9.84 Å². The summed E-state index contributed by atoms with van der Waals surface area (Å²) in [4.78, 5) is 0. The molecule has 21 heavy (non-hydrogen) atoms. The van der Waals surface area contributed by atoms with Crippen LogP contribution in [0.3, 0.4) is 0 Å². The molecule has 2 saturated carbocycles. The third kappa shape index (κ3) is 4.44. The van der Waals surface area contributed by atoms with Gasteiger partial charge in [0.25, 0.3) is 0 Å². The van der Waals surface area contributed by atoms with Crippen molar-refractivity contribution in [3.8, 4) is 0 Å². The largest absolute Gasteiger partial charge is 0.316 e. The van der Waals surface area contributed by atoms with Crippen molar-refractivity contribution in [3.63, 3.8) is 0 Å². The SMILES string of the molecule is CCC1CCC(C(NC)C2CCCC(S(C)(=O)=O)C2)CC1. The summed E-state index contributed by atoms with van der Waals surface area (Å²) in [6.45, 7) is 2.30. The summed E-state index contributed by atoms with van der Waals surface area (Å²) in [5.41, 5.74) is 0. The summed E-state index contributed by atoms with van der Waals surface area (Å²) in [6, 6.07) is 0.521. The average Bonchev–Trinajstić information content (AvgIpc) is 2.48. The van der Waals surface area contributed by atoms with Gasteiger partial charge in [-0.15, -0.1) is 0 Å². The van der Waals surface area contributed by atoms with E-state index >= 15 is 0 Å². The van der Waals surface area contributed by atoms with Crippen LogP contribution in [0.15, 0.2) is 0 Å². The van der Waals surface area contributed by atoms with Crippen LogP contribution >= 0.6 is 0 Å². The maximum Gasteiger partial charge on any atom is 0.150 e. The van der Waals surface area contributed by atoms with Crippen LogP contribution in [0.1, 0.15) is 64.7 Å². The summed E-state index contributed by atoms with van der Waals surface area (Å²) in [6.07, 6.45) is 12.1. The van der Waals surface area contributed by atoms with Crippen LogP contribution in [0.25, 0.3) is 0 Å². The van der Waals surface area contributed by atoms with Crippen LogP contribution in [0.2, 0.25) is 0 Å². The van der Waals surface area contributed by atoms with Gasteiger partial charge in [-0.05, 0) is 56.9 Å². The number of hydrogen-bond donors (Lipinski definition) is 1. The lowest BCUT2D eigenvalue weighted by Crippen LogP contribution is -2.45. The molecule has 0 aliphatic heterocycles. The number of rotatable bonds is 5. The van der Waals surface area contributed by atoms with Crippen molar-refractivity contribution in [2.75, 3.05) is 13.3 Å². The van der Waals surface area contributed by atoms with E-state index < -0.39 is 9.84 Å². The third-order valence-electron chi connectivity index (χ3n) is 6.09. The molecule has 2 aliphatic carbocycles. The number of nitrogens with one attached hydrogen (secondary N) is 1. The lowest BCUT2D eigenvalue weighted by Gasteiger charge is -2.40. The molecule has 2 aliphatic rings. The van der Waals surface area contributed by atoms with E-state index in [2.05, 4.69) is 19.3 Å². The predicted molar refractivity (Wildman–Crippen MR) is 89.2 cm³/mol. The molecule has 0 bridgehead atoms. The van der Waals surface area contributed by atoms with E-state index in [1.807, 2.05) is 0 Å². The van der Waals surface area contributed by atoms with Gasteiger partial charge in [-0.1, -0.05) is 32.6 Å². The molecule has 0 saturated heterocycles. The van der Waals surface area contributed by atoms with E-state index in [9.17, 15) is 8.42 Å². The highest BCUT2D eigenvalue weighted by Crippen LogP contribution is 2.39. The van der Waals surface area contributed by atoms with Gasteiger partial charge in [0.2, 0.25) is 0 Å². The van der Waals surface area contributed by atoms with E-state index in [0.717, 1.165) is 31.1 Å². The van der Waals surface area contributed by atoms with Gasteiger partial charge in [-0.25, -0.2) is 8.42 Å². The van der Waals surface area contributed by atoms with Crippen molar-refractivity contribution in [2.45, 2.75) is 76.0 Å². The highest BCUT2D eigenvalue weighted by molar-refractivity contribution is 7.91. The van der Waals surface area contributed by atoms with E-state index in [-0.39, 0.29) is 5.25 Å². The fourth-order valence-corrected chi connectivity index (χ4v) is 5.90. The molecule has 0 heterocycles. The standard InChI is InChI=1S/C17H33NO2S/c1-4-13-8-10-14(11-9-13)17(18-2)15-6-5-7-16(12-15)21(3,19)20/h13-18H,4-12H2,1-3H3. The van der Waals surface area contributed by atoms with Crippen LogP contribution < -0.4 is 5.32 Å². The normalized spacial score (nSPS) is 36.3. The number of sulfone groups is 1. The van der Waals surface area contributed by atoms with Gasteiger partial charge in [-0.2, -0.15) is 0 Å². The monoisotopic (exact) mass is 315 g/mol. The zero-order valence-electron chi connectivity index (χ0n) is 14.0. The Labute approximate surface area is 131 Å². The minimum atomic E-state index is -2.87. The van der Waals surface area contributed by atoms with E-state index in [1.54, 1.807) is 0 Å². The highest BCUT2D eigenvalue weighted by Gasteiger charge is 2.36. The zero-order valence-corrected chi connectivity index (χ0v) is 14.8. The maximum atomic E-state index is 11.9. The Morgan fingerprint density at radius 2 is 1.71 bits per heavy atom. The lowest BCUT2D eigenvalue weighted by atomic mass is 9.71. The molecule has 3 atom stereocenters. The van der Waals surface area contributed by atoms with Gasteiger partial charge in [0.05, 0.1) is 5.25 Å². The summed E-state index contributed by atoms with van der Waals surface area (Å²) >= 11 is 0. The molecular weight excluding hydrogens is 282 g/mol. The minimum absolute atomic E-state index is 0.0981. The zero-order chi connectivity index (χ0) is 15.5. The van der Waals surface area contributed by atoms with Gasteiger partial charge in [0.15, 0.2) is 0 Å². The van der Waals surface area contributed by atoms with Gasteiger partial charge < -0.3 is 5.32 Å². The first-order chi connectivity index (χ1) is 9.95. The van der Waals surface area contributed by atoms with E-state index in [0.29, 0.717) is 12.0 Å². The summed E-state index contributed by atoms with van der Waals surface area (Å²) in [7, 11) is -0.802. The van der Waals surface area contributed by atoms with Crippen LogP contribution in [-0.2, 0) is 9.84 Å². The van der Waals surface area contributed by atoms with Gasteiger partial charge in [-0.3, -0.25) is 0 Å². The molecule has 4 heteroatoms. The van der Waals surface area contributed by atoms with Crippen molar-refractivity contribution < 1.29 is 8.42 Å². The van der Waals surface area contributed by atoms with Crippen molar-refractivity contribution in [2.24, 2.45) is 17.8 Å². The second kappa shape index (κ2) is 7.45. The quantitative estimate of drug-likeness (QED) is 0.846. The van der Waals surface area contributed by atoms with Crippen molar-refractivity contribution in [3.05, 3.63) is 0 Å². The molecule has 2 rings (SSSR count). The van der Waals surface area contributed by atoms with Crippen molar-refractivity contribution >= 4 is 9.84 Å². The van der Waals surface area contributed by atoms with Crippen LogP contribution in [0.4, 0.5) is 0 Å². The van der Waals surface area contributed by atoms with E-state index in [4.69, 9.17) is 0 Å². The van der Waals surface area contributed by atoms with Crippen molar-refractivity contribution in [1.29, 1.82) is 0 Å². The Morgan fingerprint density at radius 1 is 1.05 bits per heavy atom. The van der Waals surface area contributed by atoms with Gasteiger partial charge >= 0.3 is 0 Å². The Bertz CT molecular complexity index is 413. The van der Waals surface area contributed by atoms with Crippen LogP contribution in [0, 0.1) is 17.8 Å². The minimum Gasteiger partial charge on any atom is -0.316 e. The molecule has 0 radical (unpaired) electrons. The summed E-state index contributed by atoms with van der Waals surface area (Å²) < 4.78 is 23.8. The highest BCUT2D eigenvalue weighted by atomic mass is 32.2. The topological polar surface area (TPSA) is 46.2 Å². The Balaban J connectivity index is 1.97. The van der Waals surface area contributed by atoms with Crippen LogP contribution in [-0.4, -0.2) is 33.0 Å². The molecule has 3 nitrogen and oxygen atoms in total. The Morgan fingerprint density at radius 3 is 2.24 bits per heavy atom. The first-order valence-electron chi connectivity index (χ1n) is 8.81. The van der Waals surface area contributed by atoms with Gasteiger partial charge in [0, 0.05) is 12.3 Å². The molecule has 2 fully saturated rings. The molecule has 0 aromatic carbocycles. The molecule has 0 spiro atoms. The second-order valence-electron chi connectivity index (χ2n) is 7.38. The first-order valence-corrected chi connectivity index (χ1v) is 10.8. The molecule has 0 aromatic rings. The molecule has 0 aromatic heterocycles. The first kappa shape index (κ1) is 17.3. The third-order valence-corrected chi connectivity index (χ3v) is 7.73. The maximum absolute atomic E-state index is 11.9.